The molecule has 0 spiro atoms. The first-order valence-corrected chi connectivity index (χ1v) is 10.5. The molecule has 1 fully saturated rings. The highest BCUT2D eigenvalue weighted by Gasteiger charge is 2.30. The van der Waals surface area contributed by atoms with Crippen LogP contribution in [0.3, 0.4) is 0 Å². The first-order valence-electron chi connectivity index (χ1n) is 9.58. The van der Waals surface area contributed by atoms with Crippen molar-refractivity contribution >= 4 is 28.1 Å². The molecule has 0 N–H and O–H groups in total. The number of rotatable bonds is 4. The van der Waals surface area contributed by atoms with E-state index in [9.17, 15) is 4.79 Å². The lowest BCUT2D eigenvalue weighted by atomic mass is 10.2. The van der Waals surface area contributed by atoms with Crippen LogP contribution in [-0.4, -0.2) is 40.0 Å². The Kier molecular flexibility index (Phi) is 4.69. The first kappa shape index (κ1) is 17.8. The molecule has 5 rings (SSSR count). The van der Waals surface area contributed by atoms with Crippen LogP contribution in [0.15, 0.2) is 72.2 Å². The van der Waals surface area contributed by atoms with Crippen LogP contribution < -0.4 is 4.74 Å². The molecule has 0 unspecified atom stereocenters. The van der Waals surface area contributed by atoms with E-state index in [1.807, 2.05) is 70.9 Å². The molecule has 6 heteroatoms. The van der Waals surface area contributed by atoms with Gasteiger partial charge in [0.05, 0.1) is 6.54 Å². The van der Waals surface area contributed by atoms with E-state index in [4.69, 9.17) is 4.74 Å². The number of amides is 1. The van der Waals surface area contributed by atoms with Crippen molar-refractivity contribution in [2.75, 3.05) is 13.1 Å². The summed E-state index contributed by atoms with van der Waals surface area (Å²) in [7, 11) is 0. The van der Waals surface area contributed by atoms with Crippen LogP contribution >= 0.6 is 11.3 Å². The van der Waals surface area contributed by atoms with Gasteiger partial charge in [-0.3, -0.25) is 9.78 Å². The summed E-state index contributed by atoms with van der Waals surface area (Å²) in [5, 5.41) is 3.75. The van der Waals surface area contributed by atoms with E-state index < -0.39 is 0 Å². The molecular weight excluding hydrogens is 382 g/mol. The van der Waals surface area contributed by atoms with E-state index in [1.54, 1.807) is 6.20 Å². The number of aromatic nitrogens is 2. The smallest absolute Gasteiger partial charge is 0.273 e. The number of para-hydroxylation sites is 1. The van der Waals surface area contributed by atoms with Crippen LogP contribution in [0, 0.1) is 0 Å². The maximum absolute atomic E-state index is 12.9. The van der Waals surface area contributed by atoms with E-state index in [-0.39, 0.29) is 12.0 Å². The van der Waals surface area contributed by atoms with Gasteiger partial charge in [-0.05, 0) is 12.1 Å². The van der Waals surface area contributed by atoms with Gasteiger partial charge in [0.1, 0.15) is 28.1 Å². The fourth-order valence-corrected chi connectivity index (χ4v) is 4.41. The zero-order valence-corrected chi connectivity index (χ0v) is 16.5. The van der Waals surface area contributed by atoms with Gasteiger partial charge in [0.15, 0.2) is 0 Å². The van der Waals surface area contributed by atoms with Gasteiger partial charge in [0.25, 0.3) is 5.91 Å². The topological polar surface area (TPSA) is 55.3 Å². The van der Waals surface area contributed by atoms with Crippen LogP contribution in [0.5, 0.6) is 5.75 Å². The van der Waals surface area contributed by atoms with Gasteiger partial charge in [0, 0.05) is 35.5 Å². The largest absolute Gasteiger partial charge is 0.486 e. The average Bonchev–Trinajstić information content (AvgIpc) is 3.44. The molecule has 1 atom stereocenters. The highest BCUT2D eigenvalue weighted by molar-refractivity contribution is 7.13. The first-order chi connectivity index (χ1) is 14.3. The van der Waals surface area contributed by atoms with Gasteiger partial charge in [-0.25, -0.2) is 4.98 Å². The Morgan fingerprint density at radius 3 is 2.83 bits per heavy atom. The van der Waals surface area contributed by atoms with Gasteiger partial charge in [-0.15, -0.1) is 11.3 Å². The standard InChI is InChI=1S/C23H19N3O2S/c27-23(19-15-29-22(25-19)17-6-2-1-3-7-17)26-13-11-18(14-26)28-20-10-4-8-16-9-5-12-24-21(16)20/h1-10,12,15,18H,11,13-14H2/t18-/m1/s1. The molecule has 0 radical (unpaired) electrons. The van der Waals surface area contributed by atoms with Crippen molar-refractivity contribution in [2.24, 2.45) is 0 Å². The van der Waals surface area contributed by atoms with Gasteiger partial charge < -0.3 is 9.64 Å². The molecule has 2 aromatic heterocycles. The lowest BCUT2D eigenvalue weighted by molar-refractivity contribution is 0.0768. The Labute approximate surface area is 172 Å². The number of hydrogen-bond acceptors (Lipinski definition) is 5. The summed E-state index contributed by atoms with van der Waals surface area (Å²) < 4.78 is 6.21. The molecule has 5 nitrogen and oxygen atoms in total. The number of fused-ring (bicyclic) bond motifs is 1. The molecule has 1 saturated heterocycles. The van der Waals surface area contributed by atoms with Crippen molar-refractivity contribution in [1.82, 2.24) is 14.9 Å². The number of nitrogens with zero attached hydrogens (tertiary/aromatic N) is 3. The van der Waals surface area contributed by atoms with Crippen molar-refractivity contribution in [3.63, 3.8) is 0 Å². The van der Waals surface area contributed by atoms with E-state index in [0.29, 0.717) is 18.8 Å². The molecule has 4 aromatic rings. The monoisotopic (exact) mass is 401 g/mol. The second-order valence-corrected chi connectivity index (χ2v) is 7.87. The summed E-state index contributed by atoms with van der Waals surface area (Å²) in [5.41, 5.74) is 2.38. The normalized spacial score (nSPS) is 16.3. The minimum Gasteiger partial charge on any atom is -0.486 e. The number of ether oxygens (including phenoxy) is 1. The number of carbonyl (C=O) groups is 1. The summed E-state index contributed by atoms with van der Waals surface area (Å²) in [4.78, 5) is 23.7. The van der Waals surface area contributed by atoms with E-state index >= 15 is 0 Å². The number of likely N-dealkylation sites (tertiary alicyclic amines) is 1. The lowest BCUT2D eigenvalue weighted by Gasteiger charge is -2.17. The molecular formula is C23H19N3O2S. The van der Waals surface area contributed by atoms with Gasteiger partial charge >= 0.3 is 0 Å². The molecule has 0 aliphatic carbocycles. The number of carbonyl (C=O) groups excluding carboxylic acids is 1. The Bertz CT molecular complexity index is 1150. The van der Waals surface area contributed by atoms with Crippen LogP contribution in [0.1, 0.15) is 16.9 Å². The summed E-state index contributed by atoms with van der Waals surface area (Å²) in [6.07, 6.45) is 2.52. The number of thiazole rings is 1. The van der Waals surface area contributed by atoms with E-state index in [2.05, 4.69) is 9.97 Å². The molecule has 1 aliphatic heterocycles. The number of benzene rings is 2. The fourth-order valence-electron chi connectivity index (χ4n) is 3.61. The summed E-state index contributed by atoms with van der Waals surface area (Å²) in [6, 6.07) is 19.8. The summed E-state index contributed by atoms with van der Waals surface area (Å²) in [5.74, 6) is 0.730. The zero-order chi connectivity index (χ0) is 19.6. The van der Waals surface area contributed by atoms with Crippen molar-refractivity contribution in [2.45, 2.75) is 12.5 Å². The van der Waals surface area contributed by atoms with Crippen molar-refractivity contribution in [3.8, 4) is 16.3 Å². The van der Waals surface area contributed by atoms with Crippen molar-refractivity contribution in [3.05, 3.63) is 77.9 Å². The third-order valence-electron chi connectivity index (χ3n) is 5.07. The summed E-state index contributed by atoms with van der Waals surface area (Å²) >= 11 is 1.50. The molecule has 144 valence electrons. The third-order valence-corrected chi connectivity index (χ3v) is 5.96. The van der Waals surface area contributed by atoms with Gasteiger partial charge in [-0.2, -0.15) is 0 Å². The predicted octanol–water partition coefficient (Wildman–Crippen LogP) is 4.65. The highest BCUT2D eigenvalue weighted by atomic mass is 32.1. The second-order valence-electron chi connectivity index (χ2n) is 7.01. The molecule has 2 aromatic carbocycles. The zero-order valence-electron chi connectivity index (χ0n) is 15.7. The van der Waals surface area contributed by atoms with Crippen LogP contribution in [0.25, 0.3) is 21.5 Å². The average molecular weight is 401 g/mol. The lowest BCUT2D eigenvalue weighted by Crippen LogP contribution is -2.31. The maximum atomic E-state index is 12.9. The fraction of sp³-hybridized carbons (Fsp3) is 0.174. The van der Waals surface area contributed by atoms with Crippen LogP contribution in [0.2, 0.25) is 0 Å². The maximum Gasteiger partial charge on any atom is 0.273 e. The van der Waals surface area contributed by atoms with E-state index in [0.717, 1.165) is 33.6 Å². The Hall–Kier alpha value is -3.25. The minimum atomic E-state index is -0.0428. The summed E-state index contributed by atoms with van der Waals surface area (Å²) in [6.45, 7) is 1.22. The minimum absolute atomic E-state index is 0.0365. The molecule has 0 saturated carbocycles. The van der Waals surface area contributed by atoms with Gasteiger partial charge in [0.2, 0.25) is 0 Å². The quantitative estimate of drug-likeness (QED) is 0.499. The Morgan fingerprint density at radius 1 is 1.07 bits per heavy atom. The van der Waals surface area contributed by atoms with Crippen molar-refractivity contribution in [1.29, 1.82) is 0 Å². The van der Waals surface area contributed by atoms with Gasteiger partial charge in [-0.1, -0.05) is 48.5 Å². The Morgan fingerprint density at radius 2 is 1.93 bits per heavy atom. The molecule has 1 aliphatic rings. The Balaban J connectivity index is 1.28. The van der Waals surface area contributed by atoms with Crippen LogP contribution in [-0.2, 0) is 0 Å². The second kappa shape index (κ2) is 7.64. The highest BCUT2D eigenvalue weighted by Crippen LogP contribution is 2.28. The third kappa shape index (κ3) is 3.59. The van der Waals surface area contributed by atoms with E-state index in [1.165, 1.54) is 11.3 Å². The van der Waals surface area contributed by atoms with Crippen LogP contribution in [0.4, 0.5) is 0 Å². The molecule has 1 amide bonds. The molecule has 3 heterocycles. The SMILES string of the molecule is O=C(c1csc(-c2ccccc2)n1)N1CC[C@@H](Oc2cccc3cccnc23)C1. The molecule has 29 heavy (non-hydrogen) atoms. The predicted molar refractivity (Wildman–Crippen MR) is 114 cm³/mol. The number of pyridine rings is 1. The number of hydrogen-bond donors (Lipinski definition) is 0. The molecule has 0 bridgehead atoms. The van der Waals surface area contributed by atoms with Crippen molar-refractivity contribution < 1.29 is 9.53 Å².